The third kappa shape index (κ3) is 4.68. The summed E-state index contributed by atoms with van der Waals surface area (Å²) in [6, 6.07) is 13.0. The maximum Gasteiger partial charge on any atom is 0.250 e. The number of nitrogens with one attached hydrogen (secondary N) is 1. The maximum absolute atomic E-state index is 11.9. The number of rotatable bonds is 7. The summed E-state index contributed by atoms with van der Waals surface area (Å²) in [5, 5.41) is 0. The summed E-state index contributed by atoms with van der Waals surface area (Å²) in [5.74, 6) is 0. The van der Waals surface area contributed by atoms with Crippen LogP contribution in [0.3, 0.4) is 0 Å². The Bertz CT molecular complexity index is 641. The van der Waals surface area contributed by atoms with Gasteiger partial charge in [-0.15, -0.1) is 11.3 Å². The van der Waals surface area contributed by atoms with Gasteiger partial charge in [0.25, 0.3) is 0 Å². The fraction of sp³-hybridized carbons (Fsp3) is 0.231. The van der Waals surface area contributed by atoms with E-state index in [1.807, 2.05) is 30.3 Å². The predicted octanol–water partition coefficient (Wildman–Crippen LogP) is 3.01. The van der Waals surface area contributed by atoms with Crippen molar-refractivity contribution in [2.45, 2.75) is 10.8 Å². The molecule has 7 heteroatoms. The Labute approximate surface area is 131 Å². The molecule has 0 saturated heterocycles. The van der Waals surface area contributed by atoms with Gasteiger partial charge in [-0.25, -0.2) is 13.1 Å². The maximum atomic E-state index is 11.9. The first-order valence-electron chi connectivity index (χ1n) is 5.94. The van der Waals surface area contributed by atoms with E-state index >= 15 is 0 Å². The Balaban J connectivity index is 1.73. The molecule has 0 aliphatic carbocycles. The van der Waals surface area contributed by atoms with Crippen LogP contribution in [0.2, 0.25) is 0 Å². The molecule has 0 fully saturated rings. The fourth-order valence-electron chi connectivity index (χ4n) is 1.53. The SMILES string of the molecule is O=S(=O)(NCCOCc1ccccc1)c1ccc(Br)s1. The second-order valence-corrected chi connectivity index (χ2v) is 8.45. The van der Waals surface area contributed by atoms with Crippen LogP contribution in [0, 0.1) is 0 Å². The van der Waals surface area contributed by atoms with Crippen LogP contribution in [0.1, 0.15) is 5.56 Å². The van der Waals surface area contributed by atoms with Crippen molar-refractivity contribution < 1.29 is 13.2 Å². The lowest BCUT2D eigenvalue weighted by molar-refractivity contribution is 0.126. The molecule has 1 heterocycles. The third-order valence-electron chi connectivity index (χ3n) is 2.46. The van der Waals surface area contributed by atoms with Crippen molar-refractivity contribution in [2.75, 3.05) is 13.2 Å². The molecule has 0 radical (unpaired) electrons. The third-order valence-corrected chi connectivity index (χ3v) is 6.04. The molecule has 0 saturated carbocycles. The van der Waals surface area contributed by atoms with Crippen LogP contribution in [-0.4, -0.2) is 21.6 Å². The van der Waals surface area contributed by atoms with Gasteiger partial charge in [0.1, 0.15) is 4.21 Å². The highest BCUT2D eigenvalue weighted by Crippen LogP contribution is 2.25. The van der Waals surface area contributed by atoms with Gasteiger partial charge in [-0.3, -0.25) is 0 Å². The molecular weight excluding hydrogens is 362 g/mol. The second kappa shape index (κ2) is 7.33. The number of hydrogen-bond acceptors (Lipinski definition) is 4. The summed E-state index contributed by atoms with van der Waals surface area (Å²) >= 11 is 4.43. The van der Waals surface area contributed by atoms with E-state index in [1.165, 1.54) is 11.3 Å². The fourth-order valence-corrected chi connectivity index (χ4v) is 4.59. The van der Waals surface area contributed by atoms with Gasteiger partial charge in [-0.2, -0.15) is 0 Å². The molecule has 4 nitrogen and oxygen atoms in total. The van der Waals surface area contributed by atoms with E-state index in [-0.39, 0.29) is 6.54 Å². The van der Waals surface area contributed by atoms with Crippen molar-refractivity contribution in [2.24, 2.45) is 0 Å². The van der Waals surface area contributed by atoms with Gasteiger partial charge < -0.3 is 4.74 Å². The molecule has 0 bridgehead atoms. The Kier molecular flexibility index (Phi) is 5.74. The predicted molar refractivity (Wildman–Crippen MR) is 83.3 cm³/mol. The van der Waals surface area contributed by atoms with E-state index in [9.17, 15) is 8.42 Å². The van der Waals surface area contributed by atoms with E-state index in [2.05, 4.69) is 20.7 Å². The molecule has 20 heavy (non-hydrogen) atoms. The highest BCUT2D eigenvalue weighted by atomic mass is 79.9. The average molecular weight is 376 g/mol. The minimum atomic E-state index is -3.43. The zero-order chi connectivity index (χ0) is 14.4. The van der Waals surface area contributed by atoms with Crippen molar-refractivity contribution in [1.29, 1.82) is 0 Å². The molecule has 0 amide bonds. The monoisotopic (exact) mass is 375 g/mol. The zero-order valence-electron chi connectivity index (χ0n) is 10.6. The quantitative estimate of drug-likeness (QED) is 0.756. The van der Waals surface area contributed by atoms with Crippen LogP contribution < -0.4 is 4.72 Å². The van der Waals surface area contributed by atoms with Crippen LogP contribution >= 0.6 is 27.3 Å². The van der Waals surface area contributed by atoms with Crippen molar-refractivity contribution >= 4 is 37.3 Å². The molecule has 1 aromatic carbocycles. The van der Waals surface area contributed by atoms with E-state index in [4.69, 9.17) is 4.74 Å². The van der Waals surface area contributed by atoms with Gasteiger partial charge in [0.15, 0.2) is 0 Å². The molecule has 2 rings (SSSR count). The largest absolute Gasteiger partial charge is 0.375 e. The minimum Gasteiger partial charge on any atom is -0.375 e. The minimum absolute atomic E-state index is 0.255. The summed E-state index contributed by atoms with van der Waals surface area (Å²) in [6.45, 7) is 1.07. The normalized spacial score (nSPS) is 11.7. The molecular formula is C13H14BrNO3S2. The smallest absolute Gasteiger partial charge is 0.250 e. The lowest BCUT2D eigenvalue weighted by atomic mass is 10.2. The summed E-state index contributed by atoms with van der Waals surface area (Å²) < 4.78 is 32.8. The first-order chi connectivity index (χ1) is 9.58. The number of hydrogen-bond donors (Lipinski definition) is 1. The number of sulfonamides is 1. The molecule has 0 atom stereocenters. The number of thiophene rings is 1. The van der Waals surface area contributed by atoms with Gasteiger partial charge in [0.2, 0.25) is 10.0 Å². The summed E-state index contributed by atoms with van der Waals surface area (Å²) in [7, 11) is -3.43. The van der Waals surface area contributed by atoms with E-state index < -0.39 is 10.0 Å². The Hall–Kier alpha value is -0.730. The Morgan fingerprint density at radius 3 is 2.55 bits per heavy atom. The molecule has 1 N–H and O–H groups in total. The summed E-state index contributed by atoms with van der Waals surface area (Å²) in [4.78, 5) is 0. The molecule has 0 aliphatic heterocycles. The van der Waals surface area contributed by atoms with Gasteiger partial charge in [0.05, 0.1) is 17.0 Å². The van der Waals surface area contributed by atoms with E-state index in [1.54, 1.807) is 12.1 Å². The number of halogens is 1. The first-order valence-corrected chi connectivity index (χ1v) is 9.04. The van der Waals surface area contributed by atoms with Crippen molar-refractivity contribution in [3.63, 3.8) is 0 Å². The molecule has 0 unspecified atom stereocenters. The Morgan fingerprint density at radius 1 is 1.15 bits per heavy atom. The average Bonchev–Trinajstić information content (AvgIpc) is 2.87. The van der Waals surface area contributed by atoms with Crippen LogP contribution in [-0.2, 0) is 21.4 Å². The van der Waals surface area contributed by atoms with Crippen molar-refractivity contribution in [3.05, 3.63) is 51.8 Å². The molecule has 2 aromatic rings. The highest BCUT2D eigenvalue weighted by molar-refractivity contribution is 9.11. The zero-order valence-corrected chi connectivity index (χ0v) is 13.8. The van der Waals surface area contributed by atoms with Gasteiger partial charge in [0, 0.05) is 6.54 Å². The van der Waals surface area contributed by atoms with Crippen LogP contribution in [0.4, 0.5) is 0 Å². The Morgan fingerprint density at radius 2 is 1.90 bits per heavy atom. The lowest BCUT2D eigenvalue weighted by Crippen LogP contribution is -2.26. The summed E-state index contributed by atoms with van der Waals surface area (Å²) in [5.41, 5.74) is 1.07. The standard InChI is InChI=1S/C13H14BrNO3S2/c14-12-6-7-13(19-12)20(16,17)15-8-9-18-10-11-4-2-1-3-5-11/h1-7,15H,8-10H2. The first kappa shape index (κ1) is 15.7. The topological polar surface area (TPSA) is 55.4 Å². The molecule has 0 aliphatic rings. The van der Waals surface area contributed by atoms with Crippen molar-refractivity contribution in [1.82, 2.24) is 4.72 Å². The highest BCUT2D eigenvalue weighted by Gasteiger charge is 2.15. The van der Waals surface area contributed by atoms with Crippen LogP contribution in [0.25, 0.3) is 0 Å². The van der Waals surface area contributed by atoms with Crippen LogP contribution in [0.5, 0.6) is 0 Å². The second-order valence-electron chi connectivity index (χ2n) is 3.99. The lowest BCUT2D eigenvalue weighted by Gasteiger charge is -2.06. The molecule has 0 spiro atoms. The van der Waals surface area contributed by atoms with Gasteiger partial charge in [-0.05, 0) is 33.6 Å². The molecule has 108 valence electrons. The van der Waals surface area contributed by atoms with E-state index in [0.29, 0.717) is 17.4 Å². The number of benzene rings is 1. The van der Waals surface area contributed by atoms with E-state index in [0.717, 1.165) is 9.35 Å². The van der Waals surface area contributed by atoms with Gasteiger partial charge in [-0.1, -0.05) is 30.3 Å². The van der Waals surface area contributed by atoms with Gasteiger partial charge >= 0.3 is 0 Å². The summed E-state index contributed by atoms with van der Waals surface area (Å²) in [6.07, 6.45) is 0. The van der Waals surface area contributed by atoms with Crippen molar-refractivity contribution in [3.8, 4) is 0 Å². The number of ether oxygens (including phenoxy) is 1. The molecule has 1 aromatic heterocycles. The van der Waals surface area contributed by atoms with Crippen LogP contribution in [0.15, 0.2) is 50.5 Å².